The Kier molecular flexibility index (Phi) is 3.84. The molecule has 0 amide bonds. The van der Waals surface area contributed by atoms with E-state index < -0.39 is 23.2 Å². The maximum Gasteiger partial charge on any atom is 0.0962 e. The molecule has 8 atom stereocenters. The van der Waals surface area contributed by atoms with E-state index in [0.717, 1.165) is 19.3 Å². The van der Waals surface area contributed by atoms with Crippen LogP contribution in [0.3, 0.4) is 0 Å². The number of hydrogen-bond acceptors (Lipinski definition) is 4. The second-order valence-electron chi connectivity index (χ2n) is 9.53. The molecule has 4 aliphatic rings. The van der Waals surface area contributed by atoms with Gasteiger partial charge >= 0.3 is 0 Å². The van der Waals surface area contributed by atoms with Crippen LogP contribution < -0.4 is 0 Å². The Balaban J connectivity index is 1.79. The number of aliphatic hydroxyl groups excluding tert-OH is 3. The van der Waals surface area contributed by atoms with Gasteiger partial charge in [-0.25, -0.2) is 0 Å². The minimum Gasteiger partial charge on any atom is -0.393 e. The van der Waals surface area contributed by atoms with Crippen LogP contribution in [0.5, 0.6) is 0 Å². The first-order chi connectivity index (χ1) is 11.6. The summed E-state index contributed by atoms with van der Waals surface area (Å²) in [6, 6.07) is 0. The normalized spacial score (nSPS) is 53.2. The zero-order valence-electron chi connectivity index (χ0n) is 15.6. The van der Waals surface area contributed by atoms with Crippen LogP contribution in [0.2, 0.25) is 0 Å². The van der Waals surface area contributed by atoms with Gasteiger partial charge in [-0.2, -0.15) is 0 Å². The Morgan fingerprint density at radius 1 is 1.12 bits per heavy atom. The standard InChI is InChI=1S/C21H32O4/c1-12(22)21(25)9-7-16-15-5-4-13-10-14(23)6-8-19(13,2)18(15)17(24)11-20(16,21)3/h4-5,12,14,16-18,22-25H,6-11H2,1-3H3/t12-,14-,16-,17+,18-,19+,20-,21-/m0/s1. The van der Waals surface area contributed by atoms with Crippen molar-refractivity contribution < 1.29 is 20.4 Å². The predicted molar refractivity (Wildman–Crippen MR) is 95.7 cm³/mol. The van der Waals surface area contributed by atoms with Crippen LogP contribution >= 0.6 is 0 Å². The number of allylic oxidation sites excluding steroid dienone is 2. The summed E-state index contributed by atoms with van der Waals surface area (Å²) in [4.78, 5) is 0. The molecule has 3 fully saturated rings. The van der Waals surface area contributed by atoms with Crippen molar-refractivity contribution in [2.24, 2.45) is 22.7 Å². The fraction of sp³-hybridized carbons (Fsp3) is 0.810. The second kappa shape index (κ2) is 5.41. The molecule has 0 aromatic rings. The summed E-state index contributed by atoms with van der Waals surface area (Å²) in [6.45, 7) is 5.96. The molecule has 0 aromatic heterocycles. The molecule has 0 aromatic carbocycles. The average Bonchev–Trinajstić information content (AvgIpc) is 2.80. The molecule has 3 saturated carbocycles. The summed E-state index contributed by atoms with van der Waals surface area (Å²) < 4.78 is 0. The first kappa shape index (κ1) is 17.7. The molecule has 4 heteroatoms. The summed E-state index contributed by atoms with van der Waals surface area (Å²) >= 11 is 0. The largest absolute Gasteiger partial charge is 0.393 e. The lowest BCUT2D eigenvalue weighted by molar-refractivity contribution is -0.166. The topological polar surface area (TPSA) is 80.9 Å². The van der Waals surface area contributed by atoms with Crippen molar-refractivity contribution in [3.63, 3.8) is 0 Å². The number of aliphatic hydroxyl groups is 4. The minimum atomic E-state index is -1.14. The monoisotopic (exact) mass is 348 g/mol. The molecule has 0 saturated heterocycles. The van der Waals surface area contributed by atoms with E-state index in [9.17, 15) is 20.4 Å². The molecule has 4 N–H and O–H groups in total. The lowest BCUT2D eigenvalue weighted by atomic mass is 9.49. The van der Waals surface area contributed by atoms with E-state index in [1.807, 2.05) is 6.92 Å². The summed E-state index contributed by atoms with van der Waals surface area (Å²) in [5.41, 5.74) is 0.763. The van der Waals surface area contributed by atoms with Crippen LogP contribution in [0.25, 0.3) is 0 Å². The van der Waals surface area contributed by atoms with E-state index in [-0.39, 0.29) is 23.4 Å². The van der Waals surface area contributed by atoms with E-state index in [1.165, 1.54) is 11.1 Å². The average molecular weight is 348 g/mol. The molecule has 4 aliphatic carbocycles. The third-order valence-corrected chi connectivity index (χ3v) is 8.39. The van der Waals surface area contributed by atoms with Crippen molar-refractivity contribution in [3.8, 4) is 0 Å². The molecular formula is C21H32O4. The van der Waals surface area contributed by atoms with Gasteiger partial charge in [-0.3, -0.25) is 0 Å². The van der Waals surface area contributed by atoms with Gasteiger partial charge in [-0.1, -0.05) is 37.1 Å². The van der Waals surface area contributed by atoms with Crippen molar-refractivity contribution in [1.29, 1.82) is 0 Å². The van der Waals surface area contributed by atoms with Crippen LogP contribution in [-0.4, -0.2) is 44.3 Å². The van der Waals surface area contributed by atoms with Crippen LogP contribution in [-0.2, 0) is 0 Å². The summed E-state index contributed by atoms with van der Waals surface area (Å²) in [5.74, 6) is 0.261. The minimum absolute atomic E-state index is 0.0643. The summed E-state index contributed by atoms with van der Waals surface area (Å²) in [6.07, 6.45) is 7.03. The quantitative estimate of drug-likeness (QED) is 0.586. The van der Waals surface area contributed by atoms with Crippen molar-refractivity contribution in [1.82, 2.24) is 0 Å². The number of fused-ring (bicyclic) bond motifs is 5. The highest BCUT2D eigenvalue weighted by Crippen LogP contribution is 2.66. The third-order valence-electron chi connectivity index (χ3n) is 8.39. The molecule has 25 heavy (non-hydrogen) atoms. The highest BCUT2D eigenvalue weighted by Gasteiger charge is 2.65. The van der Waals surface area contributed by atoms with Crippen LogP contribution in [0.1, 0.15) is 59.3 Å². The molecule has 140 valence electrons. The first-order valence-corrected chi connectivity index (χ1v) is 9.81. The molecule has 0 radical (unpaired) electrons. The Morgan fingerprint density at radius 2 is 1.84 bits per heavy atom. The van der Waals surface area contributed by atoms with Crippen molar-refractivity contribution in [3.05, 3.63) is 23.3 Å². The molecule has 0 aliphatic heterocycles. The lowest BCUT2D eigenvalue weighted by Crippen LogP contribution is -2.59. The van der Waals surface area contributed by atoms with E-state index in [1.54, 1.807) is 6.92 Å². The third kappa shape index (κ3) is 2.14. The van der Waals surface area contributed by atoms with Gasteiger partial charge < -0.3 is 20.4 Å². The van der Waals surface area contributed by atoms with Gasteiger partial charge in [-0.15, -0.1) is 0 Å². The van der Waals surface area contributed by atoms with E-state index in [4.69, 9.17) is 0 Å². The van der Waals surface area contributed by atoms with Crippen molar-refractivity contribution in [2.75, 3.05) is 0 Å². The number of hydrogen-bond donors (Lipinski definition) is 4. The SMILES string of the molecule is C[C@H](O)[C@@]1(O)CC[C@H]2C3=CC=C4C[C@@H](O)CC[C@@]4(C)[C@@H]3[C@H](O)C[C@@]21C. The van der Waals surface area contributed by atoms with Crippen LogP contribution in [0.4, 0.5) is 0 Å². The van der Waals surface area contributed by atoms with E-state index >= 15 is 0 Å². The second-order valence-corrected chi connectivity index (χ2v) is 9.53. The molecule has 0 heterocycles. The van der Waals surface area contributed by atoms with Gasteiger partial charge in [0.1, 0.15) is 0 Å². The van der Waals surface area contributed by atoms with Gasteiger partial charge in [0, 0.05) is 11.3 Å². The number of rotatable bonds is 1. The van der Waals surface area contributed by atoms with Crippen molar-refractivity contribution in [2.45, 2.75) is 83.2 Å². The predicted octanol–water partition coefficient (Wildman–Crippen LogP) is 2.31. The summed E-state index contributed by atoms with van der Waals surface area (Å²) in [5, 5.41) is 42.7. The van der Waals surface area contributed by atoms with Crippen LogP contribution in [0, 0.1) is 22.7 Å². The Hall–Kier alpha value is -0.680. The Morgan fingerprint density at radius 3 is 2.52 bits per heavy atom. The van der Waals surface area contributed by atoms with Gasteiger partial charge in [0.05, 0.1) is 23.9 Å². The first-order valence-electron chi connectivity index (χ1n) is 9.81. The lowest BCUT2D eigenvalue weighted by Gasteiger charge is -2.58. The fourth-order valence-electron chi connectivity index (χ4n) is 6.84. The highest BCUT2D eigenvalue weighted by atomic mass is 16.3. The Bertz CT molecular complexity index is 638. The van der Waals surface area contributed by atoms with Gasteiger partial charge in [0.25, 0.3) is 0 Å². The molecule has 4 nitrogen and oxygen atoms in total. The van der Waals surface area contributed by atoms with Gasteiger partial charge in [-0.05, 0) is 56.8 Å². The molecule has 0 unspecified atom stereocenters. The maximum atomic E-state index is 11.2. The maximum absolute atomic E-state index is 11.2. The van der Waals surface area contributed by atoms with Gasteiger partial charge in [0.2, 0.25) is 0 Å². The van der Waals surface area contributed by atoms with Crippen LogP contribution in [0.15, 0.2) is 23.3 Å². The summed E-state index contributed by atoms with van der Waals surface area (Å²) in [7, 11) is 0. The zero-order valence-corrected chi connectivity index (χ0v) is 15.6. The van der Waals surface area contributed by atoms with Crippen molar-refractivity contribution >= 4 is 0 Å². The molecule has 0 spiro atoms. The van der Waals surface area contributed by atoms with E-state index in [0.29, 0.717) is 19.3 Å². The molecule has 4 rings (SSSR count). The highest BCUT2D eigenvalue weighted by molar-refractivity contribution is 5.41. The zero-order chi connectivity index (χ0) is 18.2. The smallest absolute Gasteiger partial charge is 0.0962 e. The molecule has 0 bridgehead atoms. The van der Waals surface area contributed by atoms with E-state index in [2.05, 4.69) is 19.1 Å². The molecular weight excluding hydrogens is 316 g/mol. The Labute approximate surface area is 150 Å². The fourth-order valence-corrected chi connectivity index (χ4v) is 6.84. The van der Waals surface area contributed by atoms with Gasteiger partial charge in [0.15, 0.2) is 0 Å².